The monoisotopic (exact) mass is 413 g/mol. The lowest BCUT2D eigenvalue weighted by atomic mass is 10.0. The van der Waals surface area contributed by atoms with Crippen LogP contribution < -0.4 is 10.2 Å². The normalized spacial score (nSPS) is 24.2. The van der Waals surface area contributed by atoms with Crippen molar-refractivity contribution in [1.29, 1.82) is 0 Å². The molecule has 1 N–H and O–H groups in total. The topological polar surface area (TPSA) is 61.4 Å². The minimum absolute atomic E-state index is 0.0235. The maximum atomic E-state index is 14.2. The van der Waals surface area contributed by atoms with Gasteiger partial charge < -0.3 is 9.80 Å². The molecule has 8 heteroatoms. The molecule has 0 radical (unpaired) electrons. The Kier molecular flexibility index (Phi) is 4.69. The molecule has 1 amide bonds. The number of aromatic nitrogens is 2. The van der Waals surface area contributed by atoms with E-state index >= 15 is 0 Å². The van der Waals surface area contributed by atoms with E-state index in [1.54, 1.807) is 0 Å². The van der Waals surface area contributed by atoms with E-state index in [-0.39, 0.29) is 24.5 Å². The van der Waals surface area contributed by atoms with Crippen LogP contribution in [-0.2, 0) is 10.3 Å². The molecule has 2 atom stereocenters. The molecule has 3 fully saturated rings. The number of rotatable bonds is 5. The SMILES string of the molecule is Cc1ccc(N2C3CCC2CN(C(=O)CNC2(c4ccc(F)cc4F)CC2)C3)nn1. The van der Waals surface area contributed by atoms with Gasteiger partial charge in [-0.05, 0) is 50.8 Å². The predicted molar refractivity (Wildman–Crippen MR) is 108 cm³/mol. The molecule has 2 aromatic rings. The van der Waals surface area contributed by atoms with Gasteiger partial charge in [0.05, 0.1) is 12.2 Å². The van der Waals surface area contributed by atoms with Crippen LogP contribution in [0.4, 0.5) is 14.6 Å². The molecule has 158 valence electrons. The summed E-state index contributed by atoms with van der Waals surface area (Å²) >= 11 is 0. The Labute approximate surface area is 174 Å². The van der Waals surface area contributed by atoms with Crippen molar-refractivity contribution >= 4 is 11.7 Å². The maximum absolute atomic E-state index is 14.2. The molecule has 1 aliphatic carbocycles. The Morgan fingerprint density at radius 2 is 1.87 bits per heavy atom. The van der Waals surface area contributed by atoms with Gasteiger partial charge in [0.25, 0.3) is 0 Å². The number of nitrogens with one attached hydrogen (secondary N) is 1. The zero-order valence-electron chi connectivity index (χ0n) is 16.9. The van der Waals surface area contributed by atoms with Gasteiger partial charge in [0.1, 0.15) is 11.6 Å². The van der Waals surface area contributed by atoms with E-state index in [4.69, 9.17) is 0 Å². The van der Waals surface area contributed by atoms with E-state index < -0.39 is 17.2 Å². The third kappa shape index (κ3) is 3.43. The second-order valence-corrected chi connectivity index (χ2v) is 8.68. The van der Waals surface area contributed by atoms with Gasteiger partial charge in [0, 0.05) is 42.3 Å². The third-order valence-corrected chi connectivity index (χ3v) is 6.66. The number of carbonyl (C=O) groups excluding carboxylic acids is 1. The van der Waals surface area contributed by atoms with Crippen LogP contribution in [0.15, 0.2) is 30.3 Å². The summed E-state index contributed by atoms with van der Waals surface area (Å²) in [6, 6.07) is 8.12. The first-order chi connectivity index (χ1) is 14.4. The van der Waals surface area contributed by atoms with E-state index in [1.165, 1.54) is 12.1 Å². The summed E-state index contributed by atoms with van der Waals surface area (Å²) in [6.07, 6.45) is 3.55. The molecular formula is C22H25F2N5O. The van der Waals surface area contributed by atoms with Gasteiger partial charge in [0.2, 0.25) is 5.91 Å². The van der Waals surface area contributed by atoms with Gasteiger partial charge in [-0.15, -0.1) is 5.10 Å². The molecule has 1 saturated carbocycles. The lowest BCUT2D eigenvalue weighted by molar-refractivity contribution is -0.131. The second kappa shape index (κ2) is 7.27. The number of amides is 1. The number of likely N-dealkylation sites (tertiary alicyclic amines) is 1. The predicted octanol–water partition coefficient (Wildman–Crippen LogP) is 2.52. The summed E-state index contributed by atoms with van der Waals surface area (Å²) in [4.78, 5) is 17.1. The molecule has 6 nitrogen and oxygen atoms in total. The van der Waals surface area contributed by atoms with E-state index in [0.29, 0.717) is 18.7 Å². The van der Waals surface area contributed by atoms with E-state index in [0.717, 1.165) is 43.3 Å². The average molecular weight is 413 g/mol. The molecule has 1 aromatic heterocycles. The molecule has 5 rings (SSSR count). The highest BCUT2D eigenvalue weighted by Crippen LogP contribution is 2.46. The number of nitrogens with zero attached hydrogens (tertiary/aromatic N) is 4. The number of aryl methyl sites for hydroxylation is 1. The minimum Gasteiger partial charge on any atom is -0.346 e. The van der Waals surface area contributed by atoms with Crippen LogP contribution in [0.5, 0.6) is 0 Å². The van der Waals surface area contributed by atoms with Crippen LogP contribution in [0.1, 0.15) is 36.9 Å². The van der Waals surface area contributed by atoms with Crippen molar-refractivity contribution in [1.82, 2.24) is 20.4 Å². The lowest BCUT2D eigenvalue weighted by Gasteiger charge is -2.41. The summed E-state index contributed by atoms with van der Waals surface area (Å²) in [5.41, 5.74) is 0.781. The highest BCUT2D eigenvalue weighted by atomic mass is 19.1. The van der Waals surface area contributed by atoms with E-state index in [1.807, 2.05) is 24.0 Å². The van der Waals surface area contributed by atoms with Crippen LogP contribution in [0, 0.1) is 18.6 Å². The highest BCUT2D eigenvalue weighted by Gasteiger charge is 2.47. The molecule has 3 heterocycles. The van der Waals surface area contributed by atoms with Gasteiger partial charge in [-0.2, -0.15) is 5.10 Å². The van der Waals surface area contributed by atoms with E-state index in [2.05, 4.69) is 20.4 Å². The third-order valence-electron chi connectivity index (χ3n) is 6.66. The first-order valence-corrected chi connectivity index (χ1v) is 10.5. The zero-order valence-corrected chi connectivity index (χ0v) is 16.9. The summed E-state index contributed by atoms with van der Waals surface area (Å²) in [5.74, 6) is -0.245. The summed E-state index contributed by atoms with van der Waals surface area (Å²) < 4.78 is 27.4. The molecular weight excluding hydrogens is 388 g/mol. The number of benzene rings is 1. The molecule has 2 aliphatic heterocycles. The number of hydrogen-bond acceptors (Lipinski definition) is 5. The Morgan fingerprint density at radius 1 is 1.13 bits per heavy atom. The fourth-order valence-electron chi connectivity index (χ4n) is 4.91. The van der Waals surface area contributed by atoms with Crippen LogP contribution in [-0.4, -0.2) is 52.7 Å². The number of hydrogen-bond donors (Lipinski definition) is 1. The summed E-state index contributed by atoms with van der Waals surface area (Å²) in [7, 11) is 0. The number of carbonyl (C=O) groups is 1. The zero-order chi connectivity index (χ0) is 20.9. The van der Waals surface area contributed by atoms with Crippen molar-refractivity contribution < 1.29 is 13.6 Å². The molecule has 2 saturated heterocycles. The largest absolute Gasteiger partial charge is 0.346 e. The fourth-order valence-corrected chi connectivity index (χ4v) is 4.91. The summed E-state index contributed by atoms with van der Waals surface area (Å²) in [6.45, 7) is 3.38. The first kappa shape index (κ1) is 19.4. The Hall–Kier alpha value is -2.61. The van der Waals surface area contributed by atoms with Crippen molar-refractivity contribution in [2.45, 2.75) is 50.2 Å². The minimum atomic E-state index is -0.588. The quantitative estimate of drug-likeness (QED) is 0.816. The standard InChI is InChI=1S/C22H25F2N5O/c1-14-2-7-20(27-26-14)29-16-4-5-17(29)13-28(12-16)21(30)11-25-22(8-9-22)18-6-3-15(23)10-19(18)24/h2-3,6-7,10,16-17,25H,4-5,8-9,11-13H2,1H3. The van der Waals surface area contributed by atoms with Crippen molar-refractivity contribution in [3.63, 3.8) is 0 Å². The Balaban J connectivity index is 1.23. The van der Waals surface area contributed by atoms with Crippen molar-refractivity contribution in [3.05, 3.63) is 53.2 Å². The number of anilines is 1. The number of piperazine rings is 1. The van der Waals surface area contributed by atoms with Crippen molar-refractivity contribution in [2.75, 3.05) is 24.5 Å². The van der Waals surface area contributed by atoms with Gasteiger partial charge in [-0.1, -0.05) is 6.07 Å². The van der Waals surface area contributed by atoms with Crippen LogP contribution >= 0.6 is 0 Å². The smallest absolute Gasteiger partial charge is 0.236 e. The van der Waals surface area contributed by atoms with Crippen LogP contribution in [0.3, 0.4) is 0 Å². The van der Waals surface area contributed by atoms with Crippen LogP contribution in [0.2, 0.25) is 0 Å². The Bertz CT molecular complexity index is 949. The van der Waals surface area contributed by atoms with Gasteiger partial charge in [0.15, 0.2) is 5.82 Å². The number of halogens is 2. The molecule has 2 bridgehead atoms. The second-order valence-electron chi connectivity index (χ2n) is 8.68. The molecule has 1 aromatic carbocycles. The molecule has 2 unspecified atom stereocenters. The lowest BCUT2D eigenvalue weighted by Crippen LogP contribution is -2.57. The van der Waals surface area contributed by atoms with Gasteiger partial charge in [-0.3, -0.25) is 10.1 Å². The fraction of sp³-hybridized carbons (Fsp3) is 0.500. The summed E-state index contributed by atoms with van der Waals surface area (Å²) in [5, 5.41) is 11.8. The van der Waals surface area contributed by atoms with Gasteiger partial charge in [-0.25, -0.2) is 8.78 Å². The Morgan fingerprint density at radius 3 is 2.47 bits per heavy atom. The van der Waals surface area contributed by atoms with Crippen molar-refractivity contribution in [2.24, 2.45) is 0 Å². The highest BCUT2D eigenvalue weighted by molar-refractivity contribution is 5.79. The first-order valence-electron chi connectivity index (χ1n) is 10.5. The molecule has 3 aliphatic rings. The van der Waals surface area contributed by atoms with Crippen molar-refractivity contribution in [3.8, 4) is 0 Å². The van der Waals surface area contributed by atoms with E-state index in [9.17, 15) is 13.6 Å². The van der Waals surface area contributed by atoms with Crippen LogP contribution in [0.25, 0.3) is 0 Å². The molecule has 30 heavy (non-hydrogen) atoms. The average Bonchev–Trinajstić information content (AvgIpc) is 3.46. The molecule has 0 spiro atoms. The maximum Gasteiger partial charge on any atom is 0.236 e. The number of fused-ring (bicyclic) bond motifs is 2. The van der Waals surface area contributed by atoms with Gasteiger partial charge >= 0.3 is 0 Å².